The summed E-state index contributed by atoms with van der Waals surface area (Å²) in [6, 6.07) is 0.876. The summed E-state index contributed by atoms with van der Waals surface area (Å²) in [7, 11) is 2.03. The second kappa shape index (κ2) is 13.3. The second-order valence-corrected chi connectivity index (χ2v) is 11.2. The Balaban J connectivity index is 0.000000459. The number of nitrogens with two attached hydrogens (primary N) is 1. The molecule has 0 bridgehead atoms. The third-order valence-electron chi connectivity index (χ3n) is 6.51. The van der Waals surface area contributed by atoms with Gasteiger partial charge < -0.3 is 30.7 Å². The van der Waals surface area contributed by atoms with E-state index in [4.69, 9.17) is 15.9 Å². The third-order valence-corrected chi connectivity index (χ3v) is 6.51. The van der Waals surface area contributed by atoms with Crippen molar-refractivity contribution in [2.24, 2.45) is 5.73 Å². The minimum Gasteiger partial charge on any atom is -0.395 e. The highest BCUT2D eigenvalue weighted by atomic mass is 16.3. The van der Waals surface area contributed by atoms with E-state index in [9.17, 15) is 9.90 Å². The highest BCUT2D eigenvalue weighted by molar-refractivity contribution is 5.58. The van der Waals surface area contributed by atoms with Crippen LogP contribution in [0.5, 0.6) is 0 Å². The van der Waals surface area contributed by atoms with Gasteiger partial charge in [-0.2, -0.15) is 0 Å². The van der Waals surface area contributed by atoms with Gasteiger partial charge in [0.15, 0.2) is 0 Å². The minimum atomic E-state index is -0.334. The summed E-state index contributed by atoms with van der Waals surface area (Å²) in [5, 5.41) is 27.0. The maximum Gasteiger partial charge on any atom is 0.137 e. The molecule has 0 radical (unpaired) electrons. The van der Waals surface area contributed by atoms with Crippen LogP contribution in [0.4, 0.5) is 0 Å². The van der Waals surface area contributed by atoms with Crippen molar-refractivity contribution in [2.75, 3.05) is 39.9 Å². The average Bonchev–Trinajstić information content (AvgIpc) is 3.23. The number of carbonyl (C=O) groups is 1. The molecule has 3 heterocycles. The monoisotopic (exact) mass is 460 g/mol. The standard InChI is InChI=1S/C9H20N2O.C9H17NO2.C5H11NO.CH4/c1-9(2,3)11-5-7(10)4-8(11)6-12;1-9(2,3)10-5-8(12)4-7(10)6-11;1-6-3-2-5(6)4-7;/h7-8,12H,4-6,10H2,1-3H3;6-8,12H,4-5H2,1-3H3;5,7H,2-4H2,1H3;1H4/t7?,8-;;5-;/m0.0./s1. The number of likely N-dealkylation sites (N-methyl/N-ethyl adjacent to an activating group) is 1. The number of β-amino-alcohol motifs (C(OH)–C–C–N with tert-alkyl or cyclic N) is 1. The van der Waals surface area contributed by atoms with Gasteiger partial charge in [0, 0.05) is 42.3 Å². The number of carbonyl (C=O) groups excluding carboxylic acids is 1. The molecule has 0 amide bonds. The average molecular weight is 461 g/mol. The predicted molar refractivity (Wildman–Crippen MR) is 132 cm³/mol. The van der Waals surface area contributed by atoms with Gasteiger partial charge in [-0.25, -0.2) is 0 Å². The molecular weight excluding hydrogens is 408 g/mol. The van der Waals surface area contributed by atoms with Gasteiger partial charge in [0.2, 0.25) is 0 Å². The molecule has 3 aliphatic heterocycles. The lowest BCUT2D eigenvalue weighted by molar-refractivity contribution is -0.113. The molecule has 8 nitrogen and oxygen atoms in total. The number of likely N-dealkylation sites (tertiary alicyclic amines) is 3. The van der Waals surface area contributed by atoms with Crippen molar-refractivity contribution >= 4 is 6.29 Å². The molecule has 32 heavy (non-hydrogen) atoms. The van der Waals surface area contributed by atoms with Gasteiger partial charge in [0.1, 0.15) is 6.29 Å². The number of rotatable bonds is 3. The van der Waals surface area contributed by atoms with E-state index in [1.165, 1.54) is 6.42 Å². The Labute approximate surface area is 196 Å². The number of hydrogen-bond donors (Lipinski definition) is 4. The van der Waals surface area contributed by atoms with E-state index in [-0.39, 0.29) is 49.3 Å². The highest BCUT2D eigenvalue weighted by Gasteiger charge is 2.37. The lowest BCUT2D eigenvalue weighted by atomic mass is 10.1. The second-order valence-electron chi connectivity index (χ2n) is 11.2. The van der Waals surface area contributed by atoms with E-state index >= 15 is 0 Å². The van der Waals surface area contributed by atoms with Crippen LogP contribution in [0.1, 0.15) is 68.2 Å². The van der Waals surface area contributed by atoms with Crippen molar-refractivity contribution in [2.45, 2.75) is 110 Å². The number of aliphatic hydroxyl groups is 3. The predicted octanol–water partition coefficient (Wildman–Crippen LogP) is 0.917. The summed E-state index contributed by atoms with van der Waals surface area (Å²) < 4.78 is 0. The van der Waals surface area contributed by atoms with E-state index in [0.29, 0.717) is 25.6 Å². The number of hydrogen-bond acceptors (Lipinski definition) is 8. The van der Waals surface area contributed by atoms with Crippen molar-refractivity contribution in [3.8, 4) is 0 Å². The minimum absolute atomic E-state index is 0. The Morgan fingerprint density at radius 1 is 0.938 bits per heavy atom. The lowest BCUT2D eigenvalue weighted by Gasteiger charge is -2.36. The smallest absolute Gasteiger partial charge is 0.137 e. The number of aliphatic hydroxyl groups excluding tert-OH is 3. The van der Waals surface area contributed by atoms with Crippen LogP contribution in [0.2, 0.25) is 0 Å². The molecule has 0 aromatic heterocycles. The zero-order valence-electron chi connectivity index (χ0n) is 20.8. The summed E-state index contributed by atoms with van der Waals surface area (Å²) >= 11 is 0. The molecule has 0 aliphatic carbocycles. The van der Waals surface area contributed by atoms with Gasteiger partial charge in [-0.1, -0.05) is 7.43 Å². The molecule has 0 saturated carbocycles. The molecule has 192 valence electrons. The van der Waals surface area contributed by atoms with E-state index in [2.05, 4.69) is 51.3 Å². The van der Waals surface area contributed by atoms with Crippen LogP contribution in [0.15, 0.2) is 0 Å². The molecule has 3 aliphatic rings. The first-order chi connectivity index (χ1) is 14.2. The molecule has 0 spiro atoms. The van der Waals surface area contributed by atoms with Crippen LogP contribution in [0.3, 0.4) is 0 Å². The van der Waals surface area contributed by atoms with E-state index in [1.807, 2.05) is 11.9 Å². The normalized spacial score (nSPS) is 31.5. The molecule has 3 fully saturated rings. The van der Waals surface area contributed by atoms with Gasteiger partial charge in [-0.15, -0.1) is 0 Å². The van der Waals surface area contributed by atoms with Crippen molar-refractivity contribution < 1.29 is 20.1 Å². The summed E-state index contributed by atoms with van der Waals surface area (Å²) in [6.45, 7) is 15.9. The van der Waals surface area contributed by atoms with Gasteiger partial charge >= 0.3 is 0 Å². The molecule has 0 aromatic rings. The van der Waals surface area contributed by atoms with Crippen LogP contribution in [0, 0.1) is 0 Å². The molecule has 5 N–H and O–H groups in total. The van der Waals surface area contributed by atoms with Crippen LogP contribution in [-0.4, -0.2) is 118 Å². The first kappa shape index (κ1) is 31.4. The molecule has 3 unspecified atom stereocenters. The third kappa shape index (κ3) is 9.33. The molecular formula is C24H52N4O4. The van der Waals surface area contributed by atoms with E-state index < -0.39 is 0 Å². The van der Waals surface area contributed by atoms with Crippen LogP contribution < -0.4 is 5.73 Å². The number of nitrogens with zero attached hydrogens (tertiary/aromatic N) is 3. The Kier molecular flexibility index (Phi) is 13.1. The highest BCUT2D eigenvalue weighted by Crippen LogP contribution is 2.26. The Morgan fingerprint density at radius 3 is 1.72 bits per heavy atom. The van der Waals surface area contributed by atoms with Crippen molar-refractivity contribution in [3.05, 3.63) is 0 Å². The lowest BCUT2D eigenvalue weighted by Crippen LogP contribution is -2.46. The summed E-state index contributed by atoms with van der Waals surface area (Å²) in [4.78, 5) is 17.1. The topological polar surface area (TPSA) is 114 Å². The maximum atomic E-state index is 10.7. The van der Waals surface area contributed by atoms with Gasteiger partial charge in [0.25, 0.3) is 0 Å². The maximum absolute atomic E-state index is 10.7. The fourth-order valence-corrected chi connectivity index (χ4v) is 4.49. The Hall–Kier alpha value is -0.610. The van der Waals surface area contributed by atoms with Gasteiger partial charge in [-0.3, -0.25) is 9.80 Å². The first-order valence-corrected chi connectivity index (χ1v) is 11.6. The fraction of sp³-hybridized carbons (Fsp3) is 0.958. The van der Waals surface area contributed by atoms with Crippen molar-refractivity contribution in [1.82, 2.24) is 14.7 Å². The SMILES string of the molecule is C.CC(C)(C)N1CC(N)C[C@H]1CO.CC(C)(C)N1CC(O)CC1C=O.CN1CC[C@H]1CO. The summed E-state index contributed by atoms with van der Waals surface area (Å²) in [6.07, 6.45) is 3.28. The van der Waals surface area contributed by atoms with Crippen molar-refractivity contribution in [1.29, 1.82) is 0 Å². The molecule has 3 rings (SSSR count). The summed E-state index contributed by atoms with van der Waals surface area (Å²) in [5.74, 6) is 0. The van der Waals surface area contributed by atoms with Crippen LogP contribution in [-0.2, 0) is 4.79 Å². The first-order valence-electron chi connectivity index (χ1n) is 11.6. The van der Waals surface area contributed by atoms with Crippen molar-refractivity contribution in [3.63, 3.8) is 0 Å². The van der Waals surface area contributed by atoms with E-state index in [0.717, 1.165) is 25.8 Å². The molecule has 0 aromatic carbocycles. The quantitative estimate of drug-likeness (QED) is 0.460. The Morgan fingerprint density at radius 2 is 1.47 bits per heavy atom. The van der Waals surface area contributed by atoms with Crippen LogP contribution in [0.25, 0.3) is 0 Å². The van der Waals surface area contributed by atoms with Gasteiger partial charge in [-0.05, 0) is 74.4 Å². The van der Waals surface area contributed by atoms with Crippen LogP contribution >= 0.6 is 0 Å². The Bertz CT molecular complexity index is 533. The van der Waals surface area contributed by atoms with E-state index in [1.54, 1.807) is 0 Å². The molecule has 8 heteroatoms. The molecule has 5 atom stereocenters. The largest absolute Gasteiger partial charge is 0.395 e. The zero-order chi connectivity index (χ0) is 24.0. The number of aldehydes is 1. The molecule has 3 saturated heterocycles. The summed E-state index contributed by atoms with van der Waals surface area (Å²) in [5.41, 5.74) is 5.94. The fourth-order valence-electron chi connectivity index (χ4n) is 4.49. The zero-order valence-corrected chi connectivity index (χ0v) is 20.8. The van der Waals surface area contributed by atoms with Gasteiger partial charge in [0.05, 0.1) is 25.4 Å².